The molecule has 1 aromatic heterocycles. The molecule has 0 fully saturated rings. The predicted molar refractivity (Wildman–Crippen MR) is 68.5 cm³/mol. The fourth-order valence-electron chi connectivity index (χ4n) is 1.52. The van der Waals surface area contributed by atoms with E-state index in [-0.39, 0.29) is 12.0 Å². The number of carbonyl (C=O) groups is 1. The Morgan fingerprint density at radius 2 is 2.22 bits per heavy atom. The van der Waals surface area contributed by atoms with Gasteiger partial charge in [-0.15, -0.1) is 0 Å². The molecule has 1 rings (SSSR count). The van der Waals surface area contributed by atoms with E-state index >= 15 is 0 Å². The van der Waals surface area contributed by atoms with Gasteiger partial charge in [-0.1, -0.05) is 0 Å². The molecule has 18 heavy (non-hydrogen) atoms. The fourth-order valence-corrected chi connectivity index (χ4v) is 1.52. The molecule has 1 unspecified atom stereocenters. The normalized spacial score (nSPS) is 12.0. The Kier molecular flexibility index (Phi) is 5.58. The monoisotopic (exact) mass is 252 g/mol. The van der Waals surface area contributed by atoms with Gasteiger partial charge < -0.3 is 9.47 Å². The predicted octanol–water partition coefficient (Wildman–Crippen LogP) is 1.44. The van der Waals surface area contributed by atoms with E-state index in [0.29, 0.717) is 13.2 Å². The zero-order valence-corrected chi connectivity index (χ0v) is 11.3. The Labute approximate surface area is 108 Å². The highest BCUT2D eigenvalue weighted by Gasteiger charge is 2.13. The first-order chi connectivity index (χ1) is 8.56. The summed E-state index contributed by atoms with van der Waals surface area (Å²) in [6.45, 7) is 6.35. The molecule has 1 heterocycles. The van der Waals surface area contributed by atoms with Gasteiger partial charge in [0, 0.05) is 24.4 Å². The van der Waals surface area contributed by atoms with Gasteiger partial charge in [0.15, 0.2) is 0 Å². The first-order valence-corrected chi connectivity index (χ1v) is 5.98. The molecule has 1 aromatic rings. The van der Waals surface area contributed by atoms with Gasteiger partial charge in [0.2, 0.25) is 0 Å². The smallest absolute Gasteiger partial charge is 0.322 e. The van der Waals surface area contributed by atoms with Crippen LogP contribution in [-0.2, 0) is 16.1 Å². The van der Waals surface area contributed by atoms with Crippen LogP contribution in [0.15, 0.2) is 12.1 Å². The summed E-state index contributed by atoms with van der Waals surface area (Å²) in [6.07, 6.45) is 0. The third kappa shape index (κ3) is 4.33. The molecule has 5 nitrogen and oxygen atoms in total. The Bertz CT molecular complexity index is 407. The summed E-state index contributed by atoms with van der Waals surface area (Å²) in [5.41, 5.74) is 1.72. The van der Waals surface area contributed by atoms with Gasteiger partial charge in [-0.3, -0.25) is 15.1 Å². The van der Waals surface area contributed by atoms with Crippen LogP contribution in [0.3, 0.4) is 0 Å². The van der Waals surface area contributed by atoms with Crippen LogP contribution < -0.4 is 10.1 Å². The van der Waals surface area contributed by atoms with E-state index in [1.54, 1.807) is 21.0 Å². The number of pyridine rings is 1. The zero-order valence-electron chi connectivity index (χ0n) is 11.3. The number of methoxy groups -OCH3 is 1. The molecule has 0 amide bonds. The number of aromatic nitrogens is 1. The fraction of sp³-hybridized carbons (Fsp3) is 0.538. The number of rotatable bonds is 6. The van der Waals surface area contributed by atoms with Crippen LogP contribution in [0, 0.1) is 6.92 Å². The second-order valence-corrected chi connectivity index (χ2v) is 3.99. The number of hydrogen-bond donors (Lipinski definition) is 1. The average molecular weight is 252 g/mol. The van der Waals surface area contributed by atoms with Crippen LogP contribution in [0.5, 0.6) is 5.75 Å². The van der Waals surface area contributed by atoms with Crippen LogP contribution in [-0.4, -0.2) is 30.7 Å². The number of carbonyl (C=O) groups excluding carboxylic acids is 1. The molecular formula is C13H20N2O3. The van der Waals surface area contributed by atoms with Crippen molar-refractivity contribution in [2.45, 2.75) is 33.4 Å². The van der Waals surface area contributed by atoms with E-state index < -0.39 is 0 Å². The van der Waals surface area contributed by atoms with Gasteiger partial charge in [-0.2, -0.15) is 0 Å². The van der Waals surface area contributed by atoms with E-state index in [0.717, 1.165) is 17.1 Å². The molecule has 0 aromatic carbocycles. The van der Waals surface area contributed by atoms with Crippen molar-refractivity contribution < 1.29 is 14.3 Å². The summed E-state index contributed by atoms with van der Waals surface area (Å²) < 4.78 is 10.1. The van der Waals surface area contributed by atoms with E-state index in [4.69, 9.17) is 9.47 Å². The molecule has 1 N–H and O–H groups in total. The van der Waals surface area contributed by atoms with Gasteiger partial charge >= 0.3 is 5.97 Å². The summed E-state index contributed by atoms with van der Waals surface area (Å²) in [5, 5.41) is 3.07. The lowest BCUT2D eigenvalue weighted by Gasteiger charge is -2.13. The van der Waals surface area contributed by atoms with Crippen molar-refractivity contribution in [1.29, 1.82) is 0 Å². The molecule has 0 saturated heterocycles. The molecule has 0 aliphatic heterocycles. The van der Waals surface area contributed by atoms with Crippen LogP contribution in [0.25, 0.3) is 0 Å². The van der Waals surface area contributed by atoms with Crippen molar-refractivity contribution in [3.8, 4) is 5.75 Å². The molecule has 0 aliphatic rings. The minimum absolute atomic E-state index is 0.253. The Morgan fingerprint density at radius 3 is 2.83 bits per heavy atom. The van der Waals surface area contributed by atoms with Crippen molar-refractivity contribution in [3.63, 3.8) is 0 Å². The molecule has 100 valence electrons. The number of aryl methyl sites for hydroxylation is 1. The van der Waals surface area contributed by atoms with Crippen LogP contribution in [0.2, 0.25) is 0 Å². The number of hydrogen-bond acceptors (Lipinski definition) is 5. The molecule has 5 heteroatoms. The van der Waals surface area contributed by atoms with Crippen LogP contribution >= 0.6 is 0 Å². The summed E-state index contributed by atoms with van der Waals surface area (Å²) >= 11 is 0. The van der Waals surface area contributed by atoms with Crippen molar-refractivity contribution in [3.05, 3.63) is 23.5 Å². The van der Waals surface area contributed by atoms with E-state index in [1.165, 1.54) is 0 Å². The third-order valence-corrected chi connectivity index (χ3v) is 2.45. The van der Waals surface area contributed by atoms with E-state index in [9.17, 15) is 4.79 Å². The van der Waals surface area contributed by atoms with Gasteiger partial charge in [-0.25, -0.2) is 0 Å². The maximum Gasteiger partial charge on any atom is 0.322 e. The topological polar surface area (TPSA) is 60.5 Å². The number of nitrogens with one attached hydrogen (secondary N) is 1. The SMILES string of the molecule is CCOC(=O)C(C)NCc1cc(OC)cc(C)n1. The Hall–Kier alpha value is -1.62. The minimum Gasteiger partial charge on any atom is -0.497 e. The summed E-state index contributed by atoms with van der Waals surface area (Å²) in [5.74, 6) is 0.514. The summed E-state index contributed by atoms with van der Waals surface area (Å²) in [6, 6.07) is 3.36. The second kappa shape index (κ2) is 6.96. The lowest BCUT2D eigenvalue weighted by Crippen LogP contribution is -2.35. The van der Waals surface area contributed by atoms with Crippen LogP contribution in [0.1, 0.15) is 25.2 Å². The van der Waals surface area contributed by atoms with Gasteiger partial charge in [0.25, 0.3) is 0 Å². The minimum atomic E-state index is -0.349. The van der Waals surface area contributed by atoms with E-state index in [1.807, 2.05) is 19.1 Å². The Balaban J connectivity index is 2.57. The van der Waals surface area contributed by atoms with E-state index in [2.05, 4.69) is 10.3 Å². The molecule has 1 atom stereocenters. The quantitative estimate of drug-likeness (QED) is 0.776. The molecule has 0 bridgehead atoms. The maximum absolute atomic E-state index is 11.4. The van der Waals surface area contributed by atoms with Gasteiger partial charge in [0.1, 0.15) is 11.8 Å². The molecular weight excluding hydrogens is 232 g/mol. The van der Waals surface area contributed by atoms with Gasteiger partial charge in [0.05, 0.1) is 19.4 Å². The highest BCUT2D eigenvalue weighted by atomic mass is 16.5. The highest BCUT2D eigenvalue weighted by molar-refractivity contribution is 5.75. The average Bonchev–Trinajstić information content (AvgIpc) is 2.35. The van der Waals surface area contributed by atoms with Crippen molar-refractivity contribution >= 4 is 5.97 Å². The summed E-state index contributed by atoms with van der Waals surface area (Å²) in [7, 11) is 1.62. The maximum atomic E-state index is 11.4. The standard InChI is InChI=1S/C13H20N2O3/c1-5-18-13(16)10(3)14-8-11-7-12(17-4)6-9(2)15-11/h6-7,10,14H,5,8H2,1-4H3. The molecule has 0 saturated carbocycles. The Morgan fingerprint density at radius 1 is 1.50 bits per heavy atom. The molecule has 0 spiro atoms. The first kappa shape index (κ1) is 14.4. The van der Waals surface area contributed by atoms with Crippen molar-refractivity contribution in [1.82, 2.24) is 10.3 Å². The lowest BCUT2D eigenvalue weighted by molar-refractivity contribution is -0.145. The molecule has 0 aliphatic carbocycles. The zero-order chi connectivity index (χ0) is 13.5. The first-order valence-electron chi connectivity index (χ1n) is 5.98. The largest absolute Gasteiger partial charge is 0.497 e. The van der Waals surface area contributed by atoms with Crippen molar-refractivity contribution in [2.24, 2.45) is 0 Å². The third-order valence-electron chi connectivity index (χ3n) is 2.45. The molecule has 0 radical (unpaired) electrons. The highest BCUT2D eigenvalue weighted by Crippen LogP contribution is 2.13. The van der Waals surface area contributed by atoms with Crippen LogP contribution in [0.4, 0.5) is 0 Å². The lowest BCUT2D eigenvalue weighted by atomic mass is 10.2. The number of nitrogens with zero attached hydrogens (tertiary/aromatic N) is 1. The number of ether oxygens (including phenoxy) is 2. The summed E-state index contributed by atoms with van der Waals surface area (Å²) in [4.78, 5) is 15.8. The number of esters is 1. The van der Waals surface area contributed by atoms with Gasteiger partial charge in [-0.05, 0) is 20.8 Å². The van der Waals surface area contributed by atoms with Crippen molar-refractivity contribution in [2.75, 3.05) is 13.7 Å². The second-order valence-electron chi connectivity index (χ2n) is 3.99.